The Hall–Kier alpha value is -5.03. The van der Waals surface area contributed by atoms with Crippen molar-refractivity contribution in [1.82, 2.24) is 20.8 Å². The summed E-state index contributed by atoms with van der Waals surface area (Å²) >= 11 is 1.56. The van der Waals surface area contributed by atoms with E-state index in [-0.39, 0.29) is 12.3 Å². The molecule has 6 rings (SSSR count). The van der Waals surface area contributed by atoms with Gasteiger partial charge >= 0.3 is 6.09 Å². The quantitative estimate of drug-likeness (QED) is 0.184. The van der Waals surface area contributed by atoms with Crippen LogP contribution in [0.2, 0.25) is 0 Å². The maximum absolute atomic E-state index is 14.2. The van der Waals surface area contributed by atoms with Crippen LogP contribution >= 0.6 is 11.3 Å². The molecule has 230 valence electrons. The third-order valence-corrected chi connectivity index (χ3v) is 8.70. The van der Waals surface area contributed by atoms with E-state index < -0.39 is 23.6 Å². The Morgan fingerprint density at radius 1 is 1.04 bits per heavy atom. The summed E-state index contributed by atoms with van der Waals surface area (Å²) in [6.45, 7) is 5.34. The van der Waals surface area contributed by atoms with Crippen LogP contribution in [-0.4, -0.2) is 44.8 Å². The molecule has 45 heavy (non-hydrogen) atoms. The van der Waals surface area contributed by atoms with Crippen molar-refractivity contribution >= 4 is 45.7 Å². The van der Waals surface area contributed by atoms with Crippen LogP contribution in [0.25, 0.3) is 33.4 Å². The van der Waals surface area contributed by atoms with E-state index in [4.69, 9.17) is 9.52 Å². The van der Waals surface area contributed by atoms with Crippen LogP contribution in [-0.2, 0) is 22.6 Å². The number of carbonyl (C=O) groups is 3. The van der Waals surface area contributed by atoms with Gasteiger partial charge in [0.1, 0.15) is 6.04 Å². The zero-order valence-corrected chi connectivity index (χ0v) is 26.0. The number of anilines is 1. The fourth-order valence-electron chi connectivity index (χ4n) is 5.90. The van der Waals surface area contributed by atoms with Crippen molar-refractivity contribution in [3.05, 3.63) is 88.4 Å². The lowest BCUT2D eigenvalue weighted by Crippen LogP contribution is -2.51. The number of carboxylic acid groups (broad SMARTS) is 1. The van der Waals surface area contributed by atoms with Gasteiger partial charge in [-0.2, -0.15) is 11.3 Å². The third kappa shape index (κ3) is 6.44. The number of hydrogen-bond acceptors (Lipinski definition) is 7. The number of amides is 3. The van der Waals surface area contributed by atoms with Gasteiger partial charge in [0.05, 0.1) is 12.1 Å². The zero-order chi connectivity index (χ0) is 31.7. The summed E-state index contributed by atoms with van der Waals surface area (Å²) in [5.74, 6) is 0.373. The molecule has 10 nitrogen and oxygen atoms in total. The van der Waals surface area contributed by atoms with Gasteiger partial charge in [-0.3, -0.25) is 9.59 Å². The fraction of sp³-hybridized carbons (Fsp3) is 0.265. The van der Waals surface area contributed by atoms with Gasteiger partial charge in [-0.15, -0.1) is 10.2 Å². The molecule has 1 atom stereocenters. The van der Waals surface area contributed by atoms with Crippen LogP contribution < -0.4 is 15.5 Å². The van der Waals surface area contributed by atoms with E-state index in [1.807, 2.05) is 59.3 Å². The Kier molecular flexibility index (Phi) is 8.11. The Morgan fingerprint density at radius 2 is 1.80 bits per heavy atom. The lowest BCUT2D eigenvalue weighted by molar-refractivity contribution is -0.128. The molecule has 1 aliphatic heterocycles. The number of thiophene rings is 1. The molecular formula is C34H33N5O5S. The molecule has 1 aliphatic rings. The number of fused-ring (bicyclic) bond motifs is 3. The predicted molar refractivity (Wildman–Crippen MR) is 173 cm³/mol. The molecule has 2 aromatic heterocycles. The van der Waals surface area contributed by atoms with Crippen molar-refractivity contribution in [1.29, 1.82) is 0 Å². The molecule has 0 spiro atoms. The second-order valence-electron chi connectivity index (χ2n) is 11.9. The highest BCUT2D eigenvalue weighted by Crippen LogP contribution is 2.37. The van der Waals surface area contributed by atoms with Crippen LogP contribution in [0.1, 0.15) is 43.7 Å². The number of rotatable bonds is 8. The molecule has 0 bridgehead atoms. The molecule has 1 unspecified atom stereocenters. The standard InChI is InChI=1S/C34H33N5O5S/c1-20-37-38-31(44-20)27-19-45-18-26(27)23-10-8-21(9-11-23)17-39-29-15-12-22-6-4-5-7-24(22)25(29)13-14-28(32(39)41)35-30(40)16-34(2,3)36-33(42)43/h4-12,15,18-19,28,36H,13-14,16-17H2,1-3H3,(H,35,40)(H,42,43). The van der Waals surface area contributed by atoms with Crippen molar-refractivity contribution in [3.63, 3.8) is 0 Å². The predicted octanol–water partition coefficient (Wildman–Crippen LogP) is 6.33. The topological polar surface area (TPSA) is 138 Å². The van der Waals surface area contributed by atoms with Gasteiger partial charge in [0.2, 0.25) is 23.6 Å². The summed E-state index contributed by atoms with van der Waals surface area (Å²) in [7, 11) is 0. The molecule has 0 saturated carbocycles. The molecule has 11 heteroatoms. The van der Waals surface area contributed by atoms with E-state index in [2.05, 4.69) is 33.0 Å². The van der Waals surface area contributed by atoms with E-state index >= 15 is 0 Å². The molecule has 3 heterocycles. The smallest absolute Gasteiger partial charge is 0.405 e. The summed E-state index contributed by atoms with van der Waals surface area (Å²) in [6.07, 6.45) is -0.300. The molecule has 0 radical (unpaired) electrons. The van der Waals surface area contributed by atoms with Gasteiger partial charge in [-0.1, -0.05) is 54.6 Å². The van der Waals surface area contributed by atoms with Crippen molar-refractivity contribution in [2.75, 3.05) is 4.90 Å². The number of benzene rings is 3. The highest BCUT2D eigenvalue weighted by atomic mass is 32.1. The van der Waals surface area contributed by atoms with Crippen molar-refractivity contribution < 1.29 is 23.9 Å². The van der Waals surface area contributed by atoms with Crippen molar-refractivity contribution in [3.8, 4) is 22.6 Å². The molecule has 0 aliphatic carbocycles. The first-order valence-electron chi connectivity index (χ1n) is 14.7. The van der Waals surface area contributed by atoms with E-state index in [1.165, 1.54) is 0 Å². The van der Waals surface area contributed by atoms with E-state index in [9.17, 15) is 14.4 Å². The fourth-order valence-corrected chi connectivity index (χ4v) is 6.73. The first-order chi connectivity index (χ1) is 21.6. The normalized spacial score (nSPS) is 15.0. The molecule has 3 aromatic carbocycles. The Balaban J connectivity index is 1.29. The number of nitrogens with zero attached hydrogens (tertiary/aromatic N) is 3. The van der Waals surface area contributed by atoms with Gasteiger partial charge in [-0.25, -0.2) is 4.79 Å². The van der Waals surface area contributed by atoms with Crippen molar-refractivity contribution in [2.45, 2.75) is 58.2 Å². The maximum atomic E-state index is 14.2. The SMILES string of the molecule is Cc1nnc(-c2cscc2-c2ccc(CN3C(=O)C(NC(=O)CC(C)(C)NC(=O)O)CCc4c3ccc3ccccc43)cc2)o1. The van der Waals surface area contributed by atoms with E-state index in [0.29, 0.717) is 31.2 Å². The number of carbonyl (C=O) groups excluding carboxylic acids is 2. The van der Waals surface area contributed by atoms with Crippen molar-refractivity contribution in [2.24, 2.45) is 0 Å². The summed E-state index contributed by atoms with van der Waals surface area (Å²) in [6, 6.07) is 19.4. The molecule has 3 amide bonds. The molecule has 5 aromatic rings. The van der Waals surface area contributed by atoms with Gasteiger partial charge in [0.15, 0.2) is 0 Å². The first kappa shape index (κ1) is 30.0. The average Bonchev–Trinajstić information content (AvgIpc) is 3.63. The average molecular weight is 624 g/mol. The number of aromatic nitrogens is 2. The first-order valence-corrected chi connectivity index (χ1v) is 15.6. The van der Waals surface area contributed by atoms with Crippen LogP contribution in [0.3, 0.4) is 0 Å². The summed E-state index contributed by atoms with van der Waals surface area (Å²) in [5.41, 5.74) is 4.66. The number of aryl methyl sites for hydroxylation is 2. The molecule has 3 N–H and O–H groups in total. The summed E-state index contributed by atoms with van der Waals surface area (Å²) in [5, 5.41) is 28.7. The Labute approximate surface area is 264 Å². The summed E-state index contributed by atoms with van der Waals surface area (Å²) < 4.78 is 5.66. The highest BCUT2D eigenvalue weighted by molar-refractivity contribution is 7.08. The number of hydrogen-bond donors (Lipinski definition) is 3. The Morgan fingerprint density at radius 3 is 2.53 bits per heavy atom. The maximum Gasteiger partial charge on any atom is 0.405 e. The minimum absolute atomic E-state index is 0.103. The van der Waals surface area contributed by atoms with Gasteiger partial charge in [0, 0.05) is 35.5 Å². The molecular weight excluding hydrogens is 590 g/mol. The lowest BCUT2D eigenvalue weighted by atomic mass is 9.97. The van der Waals surface area contributed by atoms with E-state index in [1.54, 1.807) is 37.0 Å². The highest BCUT2D eigenvalue weighted by Gasteiger charge is 2.34. The number of nitrogens with one attached hydrogen (secondary N) is 2. The van der Waals surface area contributed by atoms with Gasteiger partial charge < -0.3 is 25.1 Å². The largest absolute Gasteiger partial charge is 0.465 e. The molecule has 0 fully saturated rings. The second-order valence-corrected chi connectivity index (χ2v) is 12.6. The van der Waals surface area contributed by atoms with Crippen LogP contribution in [0.15, 0.2) is 75.8 Å². The lowest BCUT2D eigenvalue weighted by Gasteiger charge is -2.28. The van der Waals surface area contributed by atoms with Crippen LogP contribution in [0, 0.1) is 6.92 Å². The molecule has 0 saturated heterocycles. The van der Waals surface area contributed by atoms with E-state index in [0.717, 1.165) is 44.3 Å². The third-order valence-electron chi connectivity index (χ3n) is 7.96. The van der Waals surface area contributed by atoms with Crippen LogP contribution in [0.5, 0.6) is 0 Å². The Bertz CT molecular complexity index is 1890. The van der Waals surface area contributed by atoms with Gasteiger partial charge in [0.25, 0.3) is 0 Å². The van der Waals surface area contributed by atoms with Gasteiger partial charge in [-0.05, 0) is 65.6 Å². The zero-order valence-electron chi connectivity index (χ0n) is 25.2. The second kappa shape index (κ2) is 12.2. The minimum Gasteiger partial charge on any atom is -0.465 e. The summed E-state index contributed by atoms with van der Waals surface area (Å²) in [4.78, 5) is 40.2. The van der Waals surface area contributed by atoms with Crippen LogP contribution in [0.4, 0.5) is 10.5 Å². The monoisotopic (exact) mass is 623 g/mol. The minimum atomic E-state index is -1.21.